The van der Waals surface area contributed by atoms with E-state index in [2.05, 4.69) is 15.3 Å². The molecule has 33 heavy (non-hydrogen) atoms. The molecule has 0 atom stereocenters. The molecule has 0 aliphatic heterocycles. The van der Waals surface area contributed by atoms with E-state index in [-0.39, 0.29) is 11.6 Å². The van der Waals surface area contributed by atoms with Crippen molar-refractivity contribution >= 4 is 6.29 Å². The Kier molecular flexibility index (Phi) is 11.6. The van der Waals surface area contributed by atoms with Crippen molar-refractivity contribution in [3.8, 4) is 0 Å². The fourth-order valence-corrected chi connectivity index (χ4v) is 2.51. The highest BCUT2D eigenvalue weighted by Gasteiger charge is 1.94. The van der Waals surface area contributed by atoms with Crippen molar-refractivity contribution < 1.29 is 13.6 Å². The monoisotopic (exact) mass is 448 g/mol. The lowest BCUT2D eigenvalue weighted by Crippen LogP contribution is -2.12. The van der Waals surface area contributed by atoms with E-state index in [0.717, 1.165) is 24.2 Å². The second-order valence-electron chi connectivity index (χ2n) is 6.81. The van der Waals surface area contributed by atoms with Crippen LogP contribution < -0.4 is 11.1 Å². The zero-order valence-corrected chi connectivity index (χ0v) is 18.1. The van der Waals surface area contributed by atoms with Crippen LogP contribution in [0, 0.1) is 11.6 Å². The lowest BCUT2D eigenvalue weighted by atomic mass is 10.2. The summed E-state index contributed by atoms with van der Waals surface area (Å²) >= 11 is 0. The Bertz CT molecular complexity index is 1050. The number of nitrogens with one attached hydrogen (secondary N) is 1. The van der Waals surface area contributed by atoms with Crippen LogP contribution in [0.15, 0.2) is 97.6 Å². The molecule has 0 aliphatic rings. The van der Waals surface area contributed by atoms with Crippen LogP contribution in [0.25, 0.3) is 0 Å². The van der Waals surface area contributed by atoms with E-state index in [9.17, 15) is 13.6 Å². The van der Waals surface area contributed by atoms with Crippen LogP contribution in [0.3, 0.4) is 0 Å². The molecule has 7 heteroatoms. The lowest BCUT2D eigenvalue weighted by Gasteiger charge is -2.04. The van der Waals surface area contributed by atoms with Crippen LogP contribution in [0.5, 0.6) is 0 Å². The first-order valence-corrected chi connectivity index (χ1v) is 10.2. The number of halogens is 2. The average molecular weight is 449 g/mol. The maximum Gasteiger partial charge on any atom is 0.150 e. The molecule has 0 aliphatic carbocycles. The molecule has 4 rings (SSSR count). The molecule has 0 radical (unpaired) electrons. The van der Waals surface area contributed by atoms with Gasteiger partial charge in [0.2, 0.25) is 0 Å². The summed E-state index contributed by atoms with van der Waals surface area (Å²) in [6, 6.07) is 19.6. The molecule has 0 spiro atoms. The van der Waals surface area contributed by atoms with Crippen LogP contribution in [0.2, 0.25) is 0 Å². The number of aromatic nitrogens is 2. The van der Waals surface area contributed by atoms with Crippen molar-refractivity contribution in [2.45, 2.75) is 19.6 Å². The highest BCUT2D eigenvalue weighted by atomic mass is 19.1. The Morgan fingerprint density at radius 3 is 1.52 bits per heavy atom. The average Bonchev–Trinajstić information content (AvgIpc) is 2.88. The summed E-state index contributed by atoms with van der Waals surface area (Å²) in [5.41, 5.74) is 9.21. The number of carbonyl (C=O) groups excluding carboxylic acids is 1. The summed E-state index contributed by atoms with van der Waals surface area (Å²) in [5.74, 6) is -0.515. The zero-order valence-electron chi connectivity index (χ0n) is 18.1. The Morgan fingerprint density at radius 2 is 1.09 bits per heavy atom. The van der Waals surface area contributed by atoms with Gasteiger partial charge in [-0.05, 0) is 77.4 Å². The van der Waals surface area contributed by atoms with E-state index in [1.165, 1.54) is 42.0 Å². The Morgan fingerprint density at radius 1 is 0.667 bits per heavy atom. The van der Waals surface area contributed by atoms with Gasteiger partial charge in [-0.2, -0.15) is 0 Å². The number of pyridine rings is 2. The second-order valence-corrected chi connectivity index (χ2v) is 6.81. The first kappa shape index (κ1) is 25.5. The molecule has 0 bridgehead atoms. The first-order chi connectivity index (χ1) is 16.1. The van der Waals surface area contributed by atoms with Gasteiger partial charge in [-0.1, -0.05) is 12.1 Å². The van der Waals surface area contributed by atoms with E-state index in [4.69, 9.17) is 5.73 Å². The maximum atomic E-state index is 12.6. The van der Waals surface area contributed by atoms with Crippen molar-refractivity contribution in [1.82, 2.24) is 15.3 Å². The molecule has 0 saturated heterocycles. The zero-order chi connectivity index (χ0) is 23.7. The molecule has 170 valence electrons. The van der Waals surface area contributed by atoms with Gasteiger partial charge in [0, 0.05) is 50.0 Å². The molecule has 0 amide bonds. The minimum absolute atomic E-state index is 0.196. The van der Waals surface area contributed by atoms with Gasteiger partial charge in [0.05, 0.1) is 0 Å². The molecule has 3 N–H and O–H groups in total. The number of rotatable bonds is 6. The number of hydrogen-bond acceptors (Lipinski definition) is 5. The Labute approximate surface area is 192 Å². The van der Waals surface area contributed by atoms with Crippen LogP contribution in [-0.4, -0.2) is 16.3 Å². The predicted molar refractivity (Wildman–Crippen MR) is 125 cm³/mol. The second kappa shape index (κ2) is 15.1. The van der Waals surface area contributed by atoms with Crippen molar-refractivity contribution in [3.63, 3.8) is 0 Å². The van der Waals surface area contributed by atoms with Crippen LogP contribution in [0.1, 0.15) is 27.0 Å². The minimum Gasteiger partial charge on any atom is -0.326 e. The van der Waals surface area contributed by atoms with E-state index in [1.807, 2.05) is 24.3 Å². The summed E-state index contributed by atoms with van der Waals surface area (Å²) in [6.07, 6.45) is 7.70. The lowest BCUT2D eigenvalue weighted by molar-refractivity contribution is 0.112. The third-order valence-electron chi connectivity index (χ3n) is 4.31. The third kappa shape index (κ3) is 10.9. The highest BCUT2D eigenvalue weighted by Crippen LogP contribution is 2.03. The molecule has 4 aromatic rings. The number of carbonyl (C=O) groups is 1. The van der Waals surface area contributed by atoms with Gasteiger partial charge in [-0.3, -0.25) is 14.8 Å². The van der Waals surface area contributed by atoms with Gasteiger partial charge in [0.1, 0.15) is 17.9 Å². The van der Waals surface area contributed by atoms with Gasteiger partial charge >= 0.3 is 0 Å². The number of aldehydes is 1. The molecule has 0 fully saturated rings. The molecule has 0 unspecified atom stereocenters. The molecule has 2 heterocycles. The molecular weight excluding hydrogens is 422 g/mol. The molecule has 2 aromatic carbocycles. The minimum atomic E-state index is -0.319. The summed E-state index contributed by atoms with van der Waals surface area (Å²) in [7, 11) is 0. The van der Waals surface area contributed by atoms with Gasteiger partial charge in [0.15, 0.2) is 0 Å². The van der Waals surface area contributed by atoms with E-state index >= 15 is 0 Å². The van der Waals surface area contributed by atoms with Crippen molar-refractivity contribution in [2.75, 3.05) is 0 Å². The van der Waals surface area contributed by atoms with E-state index < -0.39 is 0 Å². The Balaban J connectivity index is 0.000000192. The predicted octanol–water partition coefficient (Wildman–Crippen LogP) is 4.69. The topological polar surface area (TPSA) is 80.9 Å². The van der Waals surface area contributed by atoms with Crippen LogP contribution >= 0.6 is 0 Å². The third-order valence-corrected chi connectivity index (χ3v) is 4.31. The first-order valence-electron chi connectivity index (χ1n) is 10.2. The van der Waals surface area contributed by atoms with Crippen molar-refractivity contribution in [1.29, 1.82) is 0 Å². The molecular formula is C26H26F2N4O. The molecule has 0 saturated carbocycles. The molecule has 2 aromatic heterocycles. The molecule has 5 nitrogen and oxygen atoms in total. The SMILES string of the molecule is Fc1ccc(CNCc2ccncc2)cc1.NCc1ccncc1.O=Cc1ccc(F)cc1. The maximum absolute atomic E-state index is 12.6. The summed E-state index contributed by atoms with van der Waals surface area (Å²) < 4.78 is 24.8. The van der Waals surface area contributed by atoms with Crippen LogP contribution in [0.4, 0.5) is 8.78 Å². The largest absolute Gasteiger partial charge is 0.326 e. The van der Waals surface area contributed by atoms with Gasteiger partial charge in [0.25, 0.3) is 0 Å². The van der Waals surface area contributed by atoms with Gasteiger partial charge in [-0.25, -0.2) is 8.78 Å². The Hall–Kier alpha value is -3.81. The van der Waals surface area contributed by atoms with E-state index in [0.29, 0.717) is 18.4 Å². The smallest absolute Gasteiger partial charge is 0.150 e. The normalized spacial score (nSPS) is 9.67. The van der Waals surface area contributed by atoms with Crippen LogP contribution in [-0.2, 0) is 19.6 Å². The van der Waals surface area contributed by atoms with E-state index in [1.54, 1.807) is 36.9 Å². The van der Waals surface area contributed by atoms with Gasteiger partial charge < -0.3 is 11.1 Å². The number of hydrogen-bond donors (Lipinski definition) is 2. The number of nitrogens with zero attached hydrogens (tertiary/aromatic N) is 2. The number of benzene rings is 2. The quantitative estimate of drug-likeness (QED) is 0.418. The fraction of sp³-hybridized carbons (Fsp3) is 0.115. The van der Waals surface area contributed by atoms with Gasteiger partial charge in [-0.15, -0.1) is 0 Å². The summed E-state index contributed by atoms with van der Waals surface area (Å²) in [6.45, 7) is 2.13. The summed E-state index contributed by atoms with van der Waals surface area (Å²) in [4.78, 5) is 17.8. The highest BCUT2D eigenvalue weighted by molar-refractivity contribution is 5.74. The fourth-order valence-electron chi connectivity index (χ4n) is 2.51. The number of nitrogens with two attached hydrogens (primary N) is 1. The van der Waals surface area contributed by atoms with Crippen molar-refractivity contribution in [3.05, 3.63) is 131 Å². The standard InChI is InChI=1S/C13H13FN2.C7H5FO.C6H8N2/c14-13-3-1-11(2-4-13)9-16-10-12-5-7-15-8-6-12;8-7-3-1-6(5-9)2-4-7;7-5-6-1-3-8-4-2-6/h1-8,16H,9-10H2;1-5H;1-4H,5,7H2. The summed E-state index contributed by atoms with van der Waals surface area (Å²) in [5, 5.41) is 3.29. The van der Waals surface area contributed by atoms with Crippen molar-refractivity contribution in [2.24, 2.45) is 5.73 Å².